The maximum atomic E-state index is 12.6. The van der Waals surface area contributed by atoms with Crippen LogP contribution in [0.15, 0.2) is 29.2 Å². The number of benzene rings is 1. The number of carbonyl (C=O) groups excluding carboxylic acids is 1. The number of thioether (sulfide) groups is 1. The third kappa shape index (κ3) is 3.49. The first-order valence-electron chi connectivity index (χ1n) is 6.37. The first kappa shape index (κ1) is 14.4. The lowest BCUT2D eigenvalue weighted by Gasteiger charge is -2.23. The van der Waals surface area contributed by atoms with E-state index in [9.17, 15) is 9.90 Å². The summed E-state index contributed by atoms with van der Waals surface area (Å²) in [5, 5.41) is 9.26. The Morgan fingerprint density at radius 3 is 3.05 bits per heavy atom. The van der Waals surface area contributed by atoms with E-state index in [1.54, 1.807) is 16.7 Å². The maximum absolute atomic E-state index is 12.6. The second kappa shape index (κ2) is 6.93. The standard InChI is InChI=1S/C14H19NO3S/c1-19-13-5-3-2-4-12(13)14(17)15-6-7-18-10-11(8-15)9-16/h2-5,11,16H,6-10H2,1H3/t11-/m1/s1. The lowest BCUT2D eigenvalue weighted by molar-refractivity contribution is 0.0725. The first-order valence-corrected chi connectivity index (χ1v) is 7.59. The summed E-state index contributed by atoms with van der Waals surface area (Å²) in [6.45, 7) is 2.23. The second-order valence-corrected chi connectivity index (χ2v) is 5.42. The molecule has 0 aromatic heterocycles. The molecule has 1 aromatic carbocycles. The van der Waals surface area contributed by atoms with Crippen LogP contribution in [-0.4, -0.2) is 55.1 Å². The fourth-order valence-corrected chi connectivity index (χ4v) is 2.76. The highest BCUT2D eigenvalue weighted by Gasteiger charge is 2.24. The van der Waals surface area contributed by atoms with Gasteiger partial charge in [-0.2, -0.15) is 0 Å². The molecule has 104 valence electrons. The Morgan fingerprint density at radius 2 is 2.32 bits per heavy atom. The van der Waals surface area contributed by atoms with E-state index in [-0.39, 0.29) is 18.4 Å². The Bertz CT molecular complexity index is 438. The summed E-state index contributed by atoms with van der Waals surface area (Å²) in [5.74, 6) is 0.0294. The molecule has 0 saturated carbocycles. The molecule has 0 aliphatic carbocycles. The number of hydrogen-bond acceptors (Lipinski definition) is 4. The average molecular weight is 281 g/mol. The zero-order valence-electron chi connectivity index (χ0n) is 11.0. The van der Waals surface area contributed by atoms with Crippen molar-refractivity contribution in [3.63, 3.8) is 0 Å². The highest BCUT2D eigenvalue weighted by Crippen LogP contribution is 2.22. The highest BCUT2D eigenvalue weighted by molar-refractivity contribution is 7.98. The molecule has 4 nitrogen and oxygen atoms in total. The fourth-order valence-electron chi connectivity index (χ4n) is 2.17. The quantitative estimate of drug-likeness (QED) is 0.853. The monoisotopic (exact) mass is 281 g/mol. The van der Waals surface area contributed by atoms with Crippen molar-refractivity contribution in [2.45, 2.75) is 4.90 Å². The van der Waals surface area contributed by atoms with E-state index in [4.69, 9.17) is 4.74 Å². The summed E-state index contributed by atoms with van der Waals surface area (Å²) in [4.78, 5) is 15.3. The number of rotatable bonds is 3. The molecule has 0 bridgehead atoms. The molecular formula is C14H19NO3S. The molecule has 2 rings (SSSR count). The summed E-state index contributed by atoms with van der Waals surface area (Å²) in [6.07, 6.45) is 1.97. The summed E-state index contributed by atoms with van der Waals surface area (Å²) < 4.78 is 5.41. The summed E-state index contributed by atoms with van der Waals surface area (Å²) in [5.41, 5.74) is 0.730. The third-order valence-electron chi connectivity index (χ3n) is 3.22. The maximum Gasteiger partial charge on any atom is 0.255 e. The topological polar surface area (TPSA) is 49.8 Å². The zero-order chi connectivity index (χ0) is 13.7. The molecule has 0 spiro atoms. The molecule has 1 heterocycles. The van der Waals surface area contributed by atoms with Gasteiger partial charge in [-0.1, -0.05) is 12.1 Å². The van der Waals surface area contributed by atoms with Crippen LogP contribution >= 0.6 is 11.8 Å². The number of hydrogen-bond donors (Lipinski definition) is 1. The predicted octanol–water partition coefficient (Wildman–Crippen LogP) is 1.49. The van der Waals surface area contributed by atoms with Crippen molar-refractivity contribution in [1.82, 2.24) is 4.90 Å². The molecule has 1 aliphatic rings. The van der Waals surface area contributed by atoms with Crippen molar-refractivity contribution in [1.29, 1.82) is 0 Å². The molecule has 5 heteroatoms. The van der Waals surface area contributed by atoms with Crippen LogP contribution in [0.1, 0.15) is 10.4 Å². The van der Waals surface area contributed by atoms with Gasteiger partial charge in [0.05, 0.1) is 18.8 Å². The number of nitrogens with zero attached hydrogens (tertiary/aromatic N) is 1. The van der Waals surface area contributed by atoms with E-state index in [0.717, 1.165) is 10.5 Å². The van der Waals surface area contributed by atoms with Gasteiger partial charge in [-0.25, -0.2) is 0 Å². The Labute approximate surface area is 117 Å². The van der Waals surface area contributed by atoms with E-state index in [0.29, 0.717) is 26.3 Å². The van der Waals surface area contributed by atoms with Gasteiger partial charge in [0.15, 0.2) is 0 Å². The molecule has 1 fully saturated rings. The van der Waals surface area contributed by atoms with Crippen LogP contribution in [0.25, 0.3) is 0 Å². The number of aliphatic hydroxyl groups is 1. The molecule has 0 unspecified atom stereocenters. The van der Waals surface area contributed by atoms with Gasteiger partial charge in [-0.15, -0.1) is 11.8 Å². The second-order valence-electron chi connectivity index (χ2n) is 4.57. The average Bonchev–Trinajstić information content (AvgIpc) is 2.72. The van der Waals surface area contributed by atoms with Crippen molar-refractivity contribution in [3.05, 3.63) is 29.8 Å². The predicted molar refractivity (Wildman–Crippen MR) is 75.5 cm³/mol. The van der Waals surface area contributed by atoms with Crippen molar-refractivity contribution in [3.8, 4) is 0 Å². The highest BCUT2D eigenvalue weighted by atomic mass is 32.2. The molecule has 0 radical (unpaired) electrons. The molecule has 1 saturated heterocycles. The smallest absolute Gasteiger partial charge is 0.255 e. The summed E-state index contributed by atoms with van der Waals surface area (Å²) in [6, 6.07) is 7.62. The van der Waals surface area contributed by atoms with Crippen LogP contribution in [0.4, 0.5) is 0 Å². The molecule has 19 heavy (non-hydrogen) atoms. The van der Waals surface area contributed by atoms with Crippen LogP contribution in [0.5, 0.6) is 0 Å². The van der Waals surface area contributed by atoms with Crippen LogP contribution in [-0.2, 0) is 4.74 Å². The number of aliphatic hydroxyl groups excluding tert-OH is 1. The number of ether oxygens (including phenoxy) is 1. The molecule has 1 aromatic rings. The van der Waals surface area contributed by atoms with Gasteiger partial charge >= 0.3 is 0 Å². The minimum absolute atomic E-state index is 0.00731. The van der Waals surface area contributed by atoms with Crippen molar-refractivity contribution in [2.75, 3.05) is 39.2 Å². The van der Waals surface area contributed by atoms with Gasteiger partial charge in [-0.05, 0) is 18.4 Å². The first-order chi connectivity index (χ1) is 9.26. The van der Waals surface area contributed by atoms with Crippen molar-refractivity contribution >= 4 is 17.7 Å². The Hall–Kier alpha value is -1.04. The van der Waals surface area contributed by atoms with E-state index in [1.165, 1.54) is 0 Å². The normalized spacial score (nSPS) is 20.1. The molecule has 1 amide bonds. The minimum Gasteiger partial charge on any atom is -0.396 e. The van der Waals surface area contributed by atoms with Gasteiger partial charge in [0, 0.05) is 30.5 Å². The third-order valence-corrected chi connectivity index (χ3v) is 4.02. The van der Waals surface area contributed by atoms with E-state index < -0.39 is 0 Å². The minimum atomic E-state index is 0.00731. The SMILES string of the molecule is CSc1ccccc1C(=O)N1CCOC[C@@H](CO)C1. The Balaban J connectivity index is 2.17. The molecular weight excluding hydrogens is 262 g/mol. The van der Waals surface area contributed by atoms with E-state index in [2.05, 4.69) is 0 Å². The van der Waals surface area contributed by atoms with Crippen LogP contribution < -0.4 is 0 Å². The van der Waals surface area contributed by atoms with Crippen molar-refractivity contribution < 1.29 is 14.6 Å². The van der Waals surface area contributed by atoms with Gasteiger partial charge in [0.25, 0.3) is 5.91 Å². The van der Waals surface area contributed by atoms with Gasteiger partial charge in [0.2, 0.25) is 0 Å². The largest absolute Gasteiger partial charge is 0.396 e. The van der Waals surface area contributed by atoms with Crippen LogP contribution in [0.3, 0.4) is 0 Å². The molecule has 1 N–H and O–H groups in total. The fraction of sp³-hybridized carbons (Fsp3) is 0.500. The number of amides is 1. The van der Waals surface area contributed by atoms with Gasteiger partial charge in [0.1, 0.15) is 0 Å². The van der Waals surface area contributed by atoms with Gasteiger partial charge < -0.3 is 14.7 Å². The van der Waals surface area contributed by atoms with E-state index >= 15 is 0 Å². The molecule has 1 atom stereocenters. The van der Waals surface area contributed by atoms with Crippen LogP contribution in [0.2, 0.25) is 0 Å². The Morgan fingerprint density at radius 1 is 1.53 bits per heavy atom. The van der Waals surface area contributed by atoms with Crippen LogP contribution in [0, 0.1) is 5.92 Å². The molecule has 1 aliphatic heterocycles. The summed E-state index contributed by atoms with van der Waals surface area (Å²) >= 11 is 1.57. The lowest BCUT2D eigenvalue weighted by Crippen LogP contribution is -2.37. The lowest BCUT2D eigenvalue weighted by atomic mass is 10.1. The van der Waals surface area contributed by atoms with Crippen molar-refractivity contribution in [2.24, 2.45) is 5.92 Å². The number of carbonyl (C=O) groups is 1. The Kier molecular flexibility index (Phi) is 5.24. The van der Waals surface area contributed by atoms with E-state index in [1.807, 2.05) is 30.5 Å². The summed E-state index contributed by atoms with van der Waals surface area (Å²) in [7, 11) is 0. The van der Waals surface area contributed by atoms with Gasteiger partial charge in [-0.3, -0.25) is 4.79 Å². The zero-order valence-corrected chi connectivity index (χ0v) is 11.9.